The summed E-state index contributed by atoms with van der Waals surface area (Å²) >= 11 is 5.33. The van der Waals surface area contributed by atoms with E-state index in [0.717, 1.165) is 24.5 Å². The van der Waals surface area contributed by atoms with Gasteiger partial charge in [0.05, 0.1) is 16.6 Å². The van der Waals surface area contributed by atoms with Crippen LogP contribution in [0.15, 0.2) is 49.6 Å². The zero-order chi connectivity index (χ0) is 28.3. The van der Waals surface area contributed by atoms with Crippen molar-refractivity contribution in [2.75, 3.05) is 49.2 Å². The van der Waals surface area contributed by atoms with E-state index in [1.54, 1.807) is 27.6 Å². The number of aliphatic hydroxyl groups excluding tert-OH is 1. The Labute approximate surface area is 243 Å². The Kier molecular flexibility index (Phi) is 9.49. The number of hydrogen-bond donors (Lipinski definition) is 1. The number of ether oxygens (including phenoxy) is 1. The number of halogens is 1. The highest BCUT2D eigenvalue weighted by molar-refractivity contribution is 9.09. The lowest BCUT2D eigenvalue weighted by Gasteiger charge is -2.38. The number of carbonyl (C=O) groups excluding carboxylic acids is 3. The molecule has 0 saturated carbocycles. The lowest BCUT2D eigenvalue weighted by atomic mass is 9.71. The highest BCUT2D eigenvalue weighted by Crippen LogP contribution is 2.68. The van der Waals surface area contributed by atoms with Gasteiger partial charge in [-0.3, -0.25) is 14.4 Å². The second-order valence-corrected chi connectivity index (χ2v) is 12.8. The van der Waals surface area contributed by atoms with Gasteiger partial charge in [-0.15, -0.1) is 18.3 Å². The van der Waals surface area contributed by atoms with Gasteiger partial charge in [-0.2, -0.15) is 0 Å². The van der Waals surface area contributed by atoms with Crippen molar-refractivity contribution in [3.63, 3.8) is 0 Å². The fraction of sp³-hybridized carbons (Fsp3) is 0.552. The van der Waals surface area contributed by atoms with Gasteiger partial charge in [0.15, 0.2) is 0 Å². The summed E-state index contributed by atoms with van der Waals surface area (Å²) in [6.45, 7) is 13.9. The quantitative estimate of drug-likeness (QED) is 0.205. The molecule has 1 aromatic rings. The molecule has 8 nitrogen and oxygen atoms in total. The third kappa shape index (κ3) is 5.15. The van der Waals surface area contributed by atoms with E-state index in [1.165, 1.54) is 6.08 Å². The number of thioether (sulfide) groups is 1. The molecule has 212 valence electrons. The summed E-state index contributed by atoms with van der Waals surface area (Å²) < 4.78 is 4.65. The van der Waals surface area contributed by atoms with E-state index in [-0.39, 0.29) is 48.2 Å². The molecule has 10 heteroatoms. The van der Waals surface area contributed by atoms with Gasteiger partial charge in [-0.1, -0.05) is 34.7 Å². The van der Waals surface area contributed by atoms with Crippen molar-refractivity contribution >= 4 is 56.9 Å². The zero-order valence-corrected chi connectivity index (χ0v) is 25.0. The van der Waals surface area contributed by atoms with Crippen molar-refractivity contribution in [2.24, 2.45) is 11.8 Å². The summed E-state index contributed by atoms with van der Waals surface area (Å²) in [7, 11) is 0. The minimum absolute atomic E-state index is 0.0397. The van der Waals surface area contributed by atoms with Crippen LogP contribution in [0.1, 0.15) is 26.7 Å². The van der Waals surface area contributed by atoms with Crippen LogP contribution in [-0.4, -0.2) is 88.0 Å². The number of alkyl halides is 1. The molecular formula is C29H38BrN3O5S. The lowest BCUT2D eigenvalue weighted by Crippen LogP contribution is -2.55. The van der Waals surface area contributed by atoms with Crippen LogP contribution in [-0.2, 0) is 19.1 Å². The van der Waals surface area contributed by atoms with Crippen LogP contribution in [0.4, 0.5) is 11.4 Å². The van der Waals surface area contributed by atoms with Crippen molar-refractivity contribution in [1.82, 2.24) is 4.90 Å². The molecule has 1 N–H and O–H groups in total. The molecule has 3 fully saturated rings. The van der Waals surface area contributed by atoms with Crippen molar-refractivity contribution in [1.29, 1.82) is 0 Å². The van der Waals surface area contributed by atoms with Crippen molar-refractivity contribution < 1.29 is 24.2 Å². The Morgan fingerprint density at radius 3 is 2.46 bits per heavy atom. The molecule has 0 aliphatic carbocycles. The number of hydrogen-bond acceptors (Lipinski definition) is 7. The molecule has 39 heavy (non-hydrogen) atoms. The van der Waals surface area contributed by atoms with Gasteiger partial charge in [0.25, 0.3) is 5.91 Å². The summed E-state index contributed by atoms with van der Waals surface area (Å²) in [6.07, 6.45) is 4.12. The molecule has 1 aromatic carbocycles. The average molecular weight is 621 g/mol. The Hall–Kier alpha value is -2.30. The topological polar surface area (TPSA) is 90.4 Å². The van der Waals surface area contributed by atoms with E-state index in [4.69, 9.17) is 4.74 Å². The number of amides is 2. The number of carbonyl (C=O) groups is 3. The average Bonchev–Trinajstić information content (AvgIpc) is 3.53. The van der Waals surface area contributed by atoms with Crippen molar-refractivity contribution in [3.05, 3.63) is 49.6 Å². The standard InChI is InChI=1S/C29H38BrN3O5S/c1-5-14-32(20-12-10-19(11-13-20)31(7-3)8-4)27(36)25-29-18-21(30)24(39-29)22(28(37)38-17-6-2)23(29)26(35)33(25)15-9-16-34/h5-6,10-13,21-25,34H,1-2,7-9,14-18H2,3-4H3/t21?,22-,23+,24-,25?,29?/m1/s1. The molecule has 0 radical (unpaired) electrons. The second kappa shape index (κ2) is 12.5. The minimum Gasteiger partial charge on any atom is -0.461 e. The van der Waals surface area contributed by atoms with E-state index in [9.17, 15) is 19.5 Å². The van der Waals surface area contributed by atoms with Crippen LogP contribution in [0.3, 0.4) is 0 Å². The van der Waals surface area contributed by atoms with Crippen LogP contribution in [0.5, 0.6) is 0 Å². The van der Waals surface area contributed by atoms with Gasteiger partial charge in [0.2, 0.25) is 5.91 Å². The zero-order valence-electron chi connectivity index (χ0n) is 22.6. The van der Waals surface area contributed by atoms with Gasteiger partial charge in [-0.25, -0.2) is 0 Å². The Bertz CT molecular complexity index is 1100. The Morgan fingerprint density at radius 1 is 1.21 bits per heavy atom. The van der Waals surface area contributed by atoms with Gasteiger partial charge in [0, 0.05) is 54.2 Å². The normalized spacial score (nSPS) is 28.8. The van der Waals surface area contributed by atoms with Crippen LogP contribution < -0.4 is 9.80 Å². The Morgan fingerprint density at radius 2 is 1.87 bits per heavy atom. The molecule has 1 spiro atoms. The van der Waals surface area contributed by atoms with E-state index in [2.05, 4.69) is 47.8 Å². The van der Waals surface area contributed by atoms with E-state index in [1.807, 2.05) is 24.3 Å². The van der Waals surface area contributed by atoms with Gasteiger partial charge in [0.1, 0.15) is 12.6 Å². The first-order valence-corrected chi connectivity index (χ1v) is 15.4. The molecular weight excluding hydrogens is 582 g/mol. The third-order valence-corrected chi connectivity index (χ3v) is 11.3. The van der Waals surface area contributed by atoms with E-state index >= 15 is 0 Å². The first-order chi connectivity index (χ1) is 18.8. The first kappa shape index (κ1) is 29.7. The van der Waals surface area contributed by atoms with Gasteiger partial charge in [-0.05, 0) is 51.0 Å². The molecule has 3 heterocycles. The number of aliphatic hydroxyl groups is 1. The molecule has 2 bridgehead atoms. The molecule has 0 aromatic heterocycles. The Balaban J connectivity index is 1.73. The number of esters is 1. The second-order valence-electron chi connectivity index (χ2n) is 10.1. The monoisotopic (exact) mass is 619 g/mol. The maximum Gasteiger partial charge on any atom is 0.311 e. The van der Waals surface area contributed by atoms with Crippen LogP contribution >= 0.6 is 27.7 Å². The van der Waals surface area contributed by atoms with E-state index < -0.39 is 28.6 Å². The molecule has 2 amide bonds. The number of anilines is 2. The fourth-order valence-electron chi connectivity index (χ4n) is 6.43. The maximum absolute atomic E-state index is 14.5. The number of benzene rings is 1. The minimum atomic E-state index is -0.781. The van der Waals surface area contributed by atoms with Crippen LogP contribution in [0.25, 0.3) is 0 Å². The molecule has 6 atom stereocenters. The molecule has 3 unspecified atom stereocenters. The number of likely N-dealkylation sites (tertiary alicyclic amines) is 1. The van der Waals surface area contributed by atoms with Gasteiger partial charge >= 0.3 is 5.97 Å². The molecule has 3 aliphatic rings. The van der Waals surface area contributed by atoms with Crippen LogP contribution in [0.2, 0.25) is 0 Å². The van der Waals surface area contributed by atoms with Crippen molar-refractivity contribution in [3.8, 4) is 0 Å². The first-order valence-electron chi connectivity index (χ1n) is 13.6. The van der Waals surface area contributed by atoms with Crippen LogP contribution in [0, 0.1) is 11.8 Å². The third-order valence-electron chi connectivity index (χ3n) is 8.06. The lowest BCUT2D eigenvalue weighted by molar-refractivity contribution is -0.153. The highest BCUT2D eigenvalue weighted by Gasteiger charge is 2.76. The van der Waals surface area contributed by atoms with Crippen molar-refractivity contribution in [2.45, 2.75) is 47.6 Å². The summed E-state index contributed by atoms with van der Waals surface area (Å²) in [4.78, 5) is 47.2. The van der Waals surface area contributed by atoms with Gasteiger partial charge < -0.3 is 24.5 Å². The van der Waals surface area contributed by atoms with E-state index in [0.29, 0.717) is 12.8 Å². The SMILES string of the molecule is C=CCOC(=O)[C@H]1[C@@H]2SC3(CC2Br)C(C(=O)N(CC=C)c2ccc(N(CC)CC)cc2)N(CCCO)C(=O)[C@H]13. The molecule has 3 saturated heterocycles. The maximum atomic E-state index is 14.5. The predicted octanol–water partition coefficient (Wildman–Crippen LogP) is 3.63. The largest absolute Gasteiger partial charge is 0.461 e. The number of fused-ring (bicyclic) bond motifs is 1. The highest BCUT2D eigenvalue weighted by atomic mass is 79.9. The number of rotatable bonds is 13. The predicted molar refractivity (Wildman–Crippen MR) is 159 cm³/mol. The molecule has 3 aliphatic heterocycles. The summed E-state index contributed by atoms with van der Waals surface area (Å²) in [5, 5.41) is 9.41. The summed E-state index contributed by atoms with van der Waals surface area (Å²) in [6, 6.07) is 7.09. The number of nitrogens with zero attached hydrogens (tertiary/aromatic N) is 3. The summed E-state index contributed by atoms with van der Waals surface area (Å²) in [5.74, 6) is -2.17. The smallest absolute Gasteiger partial charge is 0.311 e. The fourth-order valence-corrected chi connectivity index (χ4v) is 10.0. The molecule has 4 rings (SSSR count). The summed E-state index contributed by atoms with van der Waals surface area (Å²) in [5.41, 5.74) is 1.79.